The number of carbonyl (C=O) groups excluding carboxylic acids is 9. The lowest BCUT2D eigenvalue weighted by Gasteiger charge is -2.10. The zero-order valence-corrected chi connectivity index (χ0v) is 48.6. The zero-order chi connectivity index (χ0) is 59.9. The van der Waals surface area contributed by atoms with Crippen molar-refractivity contribution >= 4 is 70.1 Å². The molecule has 0 aliphatic heterocycles. The number of ketones is 2. The molecule has 0 saturated heterocycles. The first-order valence-electron chi connectivity index (χ1n) is 27.9. The molecule has 0 radical (unpaired) electrons. The number of aromatic nitrogens is 9. The Kier molecular flexibility index (Phi) is 21.3. The minimum atomic E-state index is -0.459. The van der Waals surface area contributed by atoms with E-state index >= 15 is 0 Å². The van der Waals surface area contributed by atoms with Crippen molar-refractivity contribution in [3.05, 3.63) is 107 Å². The fourth-order valence-electron chi connectivity index (χ4n) is 10.1. The molecule has 26 heteroatoms. The lowest BCUT2D eigenvalue weighted by atomic mass is 10.1. The molecule has 0 aromatic carbocycles. The second-order valence-corrected chi connectivity index (χ2v) is 21.5. The third-order valence-corrected chi connectivity index (χ3v) is 14.5. The van der Waals surface area contributed by atoms with Gasteiger partial charge in [0.1, 0.15) is 11.4 Å². The Hall–Kier alpha value is -8.94. The summed E-state index contributed by atoms with van der Waals surface area (Å²) in [5.41, 5.74) is 3.21. The topological polar surface area (TPSA) is 309 Å². The number of Topliss-reactive ketones (excluding diaryl/α,β-unsaturated/α-hetero) is 2. The van der Waals surface area contributed by atoms with Gasteiger partial charge in [-0.05, 0) is 76.5 Å². The standard InChI is InChI=1S/C33H46N8O5.C24H31N9O4/c1-38(2)14-8-12-34-33(46)27-15-22(19-39(27)3)16-29(43)31-37-25(21-41(31)5)18-28(42)26-17-24(20-40(26)4)36-30(44)11-13-35-32(45)23-9-6-7-10-23;1-31-11-10-25-19(31)24(37)28-16-12-17(32(2)13-16)22(35)30-18-14-33(3)20(29-18)23(36)27-9-8-26-21(34)15-6-4-5-7-15/h15,17,19-21,23H,6-14,16,18H2,1-5H3,(H,34,46)(H,35,45)(H,36,44);10-15H,4-9H2,1-3H3,(H,26,34)(H,27,36)(H,28,37)(H,30,35). The number of nitrogens with zero attached hydrogens (tertiary/aromatic N) is 10. The lowest BCUT2D eigenvalue weighted by molar-refractivity contribution is -0.125. The molecule has 2 aliphatic carbocycles. The van der Waals surface area contributed by atoms with Crippen LogP contribution in [-0.2, 0) is 69.5 Å². The van der Waals surface area contributed by atoms with E-state index in [-0.39, 0.29) is 108 Å². The van der Waals surface area contributed by atoms with Crippen LogP contribution in [0.2, 0.25) is 0 Å². The van der Waals surface area contributed by atoms with Crippen LogP contribution in [0.3, 0.4) is 0 Å². The monoisotopic (exact) mass is 1140 g/mol. The Labute approximate surface area is 481 Å². The number of anilines is 3. The summed E-state index contributed by atoms with van der Waals surface area (Å²) < 4.78 is 9.62. The summed E-state index contributed by atoms with van der Waals surface area (Å²) in [4.78, 5) is 128. The van der Waals surface area contributed by atoms with Crippen LogP contribution >= 0.6 is 0 Å². The molecule has 83 heavy (non-hydrogen) atoms. The van der Waals surface area contributed by atoms with E-state index in [1.807, 2.05) is 14.1 Å². The maximum absolute atomic E-state index is 13.2. The van der Waals surface area contributed by atoms with E-state index in [1.165, 1.54) is 23.0 Å². The van der Waals surface area contributed by atoms with Crippen LogP contribution in [0.1, 0.15) is 139 Å². The molecular formula is C57H77N17O9. The molecule has 2 aliphatic rings. The lowest BCUT2D eigenvalue weighted by Crippen LogP contribution is -2.37. The van der Waals surface area contributed by atoms with Crippen LogP contribution in [0, 0.1) is 11.8 Å². The first-order chi connectivity index (χ1) is 39.6. The molecule has 8 rings (SSSR count). The van der Waals surface area contributed by atoms with E-state index in [0.29, 0.717) is 47.1 Å². The molecule has 2 fully saturated rings. The highest BCUT2D eigenvalue weighted by atomic mass is 16.2. The molecule has 6 heterocycles. The highest BCUT2D eigenvalue weighted by Gasteiger charge is 2.26. The van der Waals surface area contributed by atoms with Crippen LogP contribution in [0.4, 0.5) is 17.2 Å². The average molecular weight is 1140 g/mol. The average Bonchev–Trinajstić information content (AvgIpc) is 4.37. The molecule has 0 atom stereocenters. The van der Waals surface area contributed by atoms with Gasteiger partial charge in [0.15, 0.2) is 23.2 Å². The van der Waals surface area contributed by atoms with Crippen molar-refractivity contribution in [2.24, 2.45) is 54.1 Å². The molecule has 26 nitrogen and oxygen atoms in total. The normalized spacial score (nSPS) is 13.3. The summed E-state index contributed by atoms with van der Waals surface area (Å²) in [5, 5.41) is 19.5. The Morgan fingerprint density at radius 1 is 0.518 bits per heavy atom. The van der Waals surface area contributed by atoms with Crippen molar-refractivity contribution in [3.63, 3.8) is 0 Å². The van der Waals surface area contributed by atoms with Gasteiger partial charge in [-0.3, -0.25) is 43.2 Å². The summed E-state index contributed by atoms with van der Waals surface area (Å²) in [7, 11) is 14.2. The summed E-state index contributed by atoms with van der Waals surface area (Å²) >= 11 is 0. The smallest absolute Gasteiger partial charge is 0.291 e. The molecule has 0 spiro atoms. The van der Waals surface area contributed by atoms with Crippen LogP contribution in [0.5, 0.6) is 0 Å². The maximum Gasteiger partial charge on any atom is 0.291 e. The molecule has 7 amide bonds. The number of imidazole rings is 3. The highest BCUT2D eigenvalue weighted by Crippen LogP contribution is 2.26. The predicted molar refractivity (Wildman–Crippen MR) is 309 cm³/mol. The summed E-state index contributed by atoms with van der Waals surface area (Å²) in [6, 6.07) is 4.86. The SMILES string of the molecule is CN(C)CCCNC(=O)c1cc(CC(=O)c2nc(CC(=O)c3cc(NC(=O)CCNC(=O)C4CCCC4)cn3C)cn2C)cn1C.Cn1cc(NC(=O)c2nccn2C)cc1C(=O)Nc1cn(C)c(C(=O)NCCNC(=O)C2CCCC2)n1. The largest absolute Gasteiger partial charge is 0.355 e. The quantitative estimate of drug-likeness (QED) is 0.0320. The molecule has 6 aromatic rings. The maximum atomic E-state index is 13.2. The Balaban J connectivity index is 0.000000244. The van der Waals surface area contributed by atoms with Crippen molar-refractivity contribution in [2.75, 3.05) is 62.8 Å². The van der Waals surface area contributed by atoms with Gasteiger partial charge >= 0.3 is 0 Å². The van der Waals surface area contributed by atoms with Gasteiger partial charge < -0.3 is 69.5 Å². The Morgan fingerprint density at radius 2 is 1.10 bits per heavy atom. The van der Waals surface area contributed by atoms with Crippen molar-refractivity contribution in [2.45, 2.75) is 77.0 Å². The Morgan fingerprint density at radius 3 is 1.75 bits per heavy atom. The minimum absolute atomic E-state index is 0.0117. The molecule has 7 N–H and O–H groups in total. The van der Waals surface area contributed by atoms with E-state index in [1.54, 1.807) is 108 Å². The van der Waals surface area contributed by atoms with E-state index in [0.717, 1.165) is 64.3 Å². The van der Waals surface area contributed by atoms with Gasteiger partial charge in [0, 0.05) is 137 Å². The van der Waals surface area contributed by atoms with Gasteiger partial charge in [-0.2, -0.15) is 0 Å². The molecule has 0 unspecified atom stereocenters. The van der Waals surface area contributed by atoms with Crippen molar-refractivity contribution in [3.8, 4) is 0 Å². The first kappa shape index (κ1) is 61.7. The van der Waals surface area contributed by atoms with Crippen molar-refractivity contribution in [1.29, 1.82) is 0 Å². The molecule has 0 bridgehead atoms. The van der Waals surface area contributed by atoms with Crippen molar-refractivity contribution in [1.82, 2.24) is 68.5 Å². The van der Waals surface area contributed by atoms with E-state index < -0.39 is 17.7 Å². The fraction of sp³-hybridized carbons (Fsp3) is 0.474. The van der Waals surface area contributed by atoms with Crippen molar-refractivity contribution < 1.29 is 43.2 Å². The van der Waals surface area contributed by atoms with Crippen LogP contribution in [-0.4, -0.2) is 147 Å². The summed E-state index contributed by atoms with van der Waals surface area (Å²) in [6.07, 6.45) is 20.4. The van der Waals surface area contributed by atoms with E-state index in [4.69, 9.17) is 0 Å². The van der Waals surface area contributed by atoms with Crippen LogP contribution in [0.15, 0.2) is 61.6 Å². The molecular weight excluding hydrogens is 1070 g/mol. The number of carbonyl (C=O) groups is 9. The number of amides is 7. The van der Waals surface area contributed by atoms with Gasteiger partial charge in [-0.1, -0.05) is 25.7 Å². The van der Waals surface area contributed by atoms with Crippen LogP contribution < -0.4 is 37.2 Å². The third kappa shape index (κ3) is 17.1. The molecule has 444 valence electrons. The second kappa shape index (κ2) is 28.7. The highest BCUT2D eigenvalue weighted by molar-refractivity contribution is 6.06. The predicted octanol–water partition coefficient (Wildman–Crippen LogP) is 3.30. The number of hydrogen-bond acceptors (Lipinski definition) is 13. The zero-order valence-electron chi connectivity index (χ0n) is 48.6. The van der Waals surface area contributed by atoms with Gasteiger partial charge in [0.05, 0.1) is 29.2 Å². The minimum Gasteiger partial charge on any atom is -0.355 e. The van der Waals surface area contributed by atoms with E-state index in [2.05, 4.69) is 57.1 Å². The number of nitrogens with one attached hydrogen (secondary N) is 7. The number of aryl methyl sites for hydroxylation is 6. The van der Waals surface area contributed by atoms with Gasteiger partial charge in [-0.25, -0.2) is 15.0 Å². The van der Waals surface area contributed by atoms with Gasteiger partial charge in [0.25, 0.3) is 23.6 Å². The third-order valence-electron chi connectivity index (χ3n) is 14.5. The molecule has 2 saturated carbocycles. The number of rotatable bonds is 25. The number of hydrogen-bond donors (Lipinski definition) is 7. The molecule has 6 aromatic heterocycles. The van der Waals surface area contributed by atoms with E-state index in [9.17, 15) is 43.2 Å². The van der Waals surface area contributed by atoms with Gasteiger partial charge in [0.2, 0.25) is 29.3 Å². The van der Waals surface area contributed by atoms with Gasteiger partial charge in [-0.15, -0.1) is 0 Å². The summed E-state index contributed by atoms with van der Waals surface area (Å²) in [6.45, 7) is 2.30. The summed E-state index contributed by atoms with van der Waals surface area (Å²) in [5.74, 6) is -1.20. The fourth-order valence-corrected chi connectivity index (χ4v) is 10.1. The second-order valence-electron chi connectivity index (χ2n) is 21.5. The van der Waals surface area contributed by atoms with Crippen LogP contribution in [0.25, 0.3) is 0 Å². The Bertz CT molecular complexity index is 3320. The first-order valence-corrected chi connectivity index (χ1v) is 27.9.